The summed E-state index contributed by atoms with van der Waals surface area (Å²) >= 11 is 0. The minimum absolute atomic E-state index is 0.221. The number of amides is 1. The van der Waals surface area contributed by atoms with Crippen molar-refractivity contribution in [1.29, 1.82) is 0 Å². The van der Waals surface area contributed by atoms with Gasteiger partial charge in [0, 0.05) is 12.8 Å². The van der Waals surface area contributed by atoms with Gasteiger partial charge in [0.25, 0.3) is 0 Å². The predicted octanol–water partition coefficient (Wildman–Crippen LogP) is 11.6. The van der Waals surface area contributed by atoms with Crippen LogP contribution < -0.4 is 5.32 Å². The Kier molecular flexibility index (Phi) is 28.0. The molecule has 0 aromatic rings. The van der Waals surface area contributed by atoms with Crippen LogP contribution in [0.1, 0.15) is 168 Å². The number of hydrogen-bond acceptors (Lipinski definition) is 2. The molecule has 0 fully saturated rings. The van der Waals surface area contributed by atoms with E-state index < -0.39 is 0 Å². The Hall–Kier alpha value is -1.94. The highest BCUT2D eigenvalue weighted by Crippen LogP contribution is 2.18. The van der Waals surface area contributed by atoms with Gasteiger partial charge in [0.1, 0.15) is 13.1 Å². The van der Waals surface area contributed by atoms with Gasteiger partial charge in [-0.3, -0.25) is 9.28 Å². The number of nitrogens with one attached hydrogen (secondary N) is 1. The first kappa shape index (κ1) is 41.1. The van der Waals surface area contributed by atoms with Crippen LogP contribution in [0.15, 0.2) is 53.6 Å². The number of hydrogen-bond donors (Lipinski definition) is 1. The Labute approximate surface area is 280 Å². The standard InChI is InChI=1S/C41H73N3O/c1-4-6-8-10-12-14-16-18-20-22-24-26-28-30-32-34-40-42-36-38-44(40,3)39-37-43-41(45)35-33-31-29-27-25-23-21-19-17-15-13-11-9-7-5-2/h12-15,18-21H,4-11,16-17,22-39H2,1-3H3/p+1/b14-12+,15-13+,20-18+,21-19+. The van der Waals surface area contributed by atoms with E-state index >= 15 is 0 Å². The minimum atomic E-state index is 0.221. The number of allylic oxidation sites excluding steroid dienone is 8. The van der Waals surface area contributed by atoms with Gasteiger partial charge in [-0.15, -0.1) is 0 Å². The Morgan fingerprint density at radius 3 is 1.64 bits per heavy atom. The van der Waals surface area contributed by atoms with Crippen molar-refractivity contribution in [3.8, 4) is 0 Å². The average molecular weight is 625 g/mol. The second-order valence-corrected chi connectivity index (χ2v) is 13.5. The molecule has 0 saturated heterocycles. The topological polar surface area (TPSA) is 41.5 Å². The van der Waals surface area contributed by atoms with E-state index in [-0.39, 0.29) is 5.91 Å². The lowest BCUT2D eigenvalue weighted by molar-refractivity contribution is -0.814. The fraction of sp³-hybridized carbons (Fsp3) is 0.756. The molecule has 0 spiro atoms. The van der Waals surface area contributed by atoms with Crippen molar-refractivity contribution in [2.45, 2.75) is 168 Å². The number of quaternary nitrogens is 1. The first-order valence-electron chi connectivity index (χ1n) is 19.4. The van der Waals surface area contributed by atoms with E-state index in [9.17, 15) is 4.79 Å². The maximum absolute atomic E-state index is 12.4. The Morgan fingerprint density at radius 1 is 0.644 bits per heavy atom. The maximum atomic E-state index is 12.4. The van der Waals surface area contributed by atoms with E-state index in [4.69, 9.17) is 4.99 Å². The largest absolute Gasteiger partial charge is 0.350 e. The van der Waals surface area contributed by atoms with Gasteiger partial charge in [-0.2, -0.15) is 0 Å². The van der Waals surface area contributed by atoms with Crippen molar-refractivity contribution < 1.29 is 9.28 Å². The molecule has 1 aliphatic heterocycles. The molecule has 0 aromatic heterocycles. The molecule has 0 aliphatic carbocycles. The van der Waals surface area contributed by atoms with Gasteiger partial charge in [-0.05, 0) is 77.0 Å². The van der Waals surface area contributed by atoms with Crippen molar-refractivity contribution in [3.63, 3.8) is 0 Å². The van der Waals surface area contributed by atoms with Crippen LogP contribution in [0, 0.1) is 0 Å². The normalized spacial score (nSPS) is 17.1. The highest BCUT2D eigenvalue weighted by atomic mass is 16.1. The molecule has 1 rings (SSSR count). The summed E-state index contributed by atoms with van der Waals surface area (Å²) in [6.45, 7) is 8.26. The highest BCUT2D eigenvalue weighted by molar-refractivity contribution is 5.77. The van der Waals surface area contributed by atoms with Crippen molar-refractivity contribution >= 4 is 11.7 Å². The van der Waals surface area contributed by atoms with Gasteiger partial charge < -0.3 is 5.32 Å². The molecular formula is C41H74N3O+. The van der Waals surface area contributed by atoms with E-state index in [1.807, 2.05) is 0 Å². The molecule has 45 heavy (non-hydrogen) atoms. The monoisotopic (exact) mass is 625 g/mol. The Bertz CT molecular complexity index is 840. The fourth-order valence-corrected chi connectivity index (χ4v) is 6.01. The third-order valence-corrected chi connectivity index (χ3v) is 9.14. The van der Waals surface area contributed by atoms with E-state index in [0.717, 1.165) is 62.8 Å². The van der Waals surface area contributed by atoms with E-state index in [1.165, 1.54) is 121 Å². The zero-order valence-corrected chi connectivity index (χ0v) is 30.2. The Morgan fingerprint density at radius 2 is 1.11 bits per heavy atom. The summed E-state index contributed by atoms with van der Waals surface area (Å²) in [7, 11) is 2.31. The highest BCUT2D eigenvalue weighted by Gasteiger charge is 2.32. The molecule has 1 aliphatic rings. The summed E-state index contributed by atoms with van der Waals surface area (Å²) in [5.74, 6) is 1.57. The van der Waals surface area contributed by atoms with E-state index in [1.54, 1.807) is 0 Å². The second kappa shape index (κ2) is 30.7. The molecule has 1 heterocycles. The lowest BCUT2D eigenvalue weighted by Crippen LogP contribution is -2.51. The van der Waals surface area contributed by atoms with Crippen molar-refractivity contribution in [1.82, 2.24) is 5.32 Å². The average Bonchev–Trinajstić information content (AvgIpc) is 3.40. The van der Waals surface area contributed by atoms with Gasteiger partial charge in [0.15, 0.2) is 5.84 Å². The van der Waals surface area contributed by atoms with Crippen LogP contribution in [0.4, 0.5) is 0 Å². The smallest absolute Gasteiger partial charge is 0.220 e. The number of carbonyl (C=O) groups excluding carboxylic acids is 1. The van der Waals surface area contributed by atoms with Crippen LogP contribution in [0.3, 0.4) is 0 Å². The van der Waals surface area contributed by atoms with Gasteiger partial charge in [0.2, 0.25) is 5.91 Å². The quantitative estimate of drug-likeness (QED) is 0.0465. The minimum Gasteiger partial charge on any atom is -0.350 e. The summed E-state index contributed by atoms with van der Waals surface area (Å²) in [5, 5.41) is 3.19. The number of amidine groups is 1. The van der Waals surface area contributed by atoms with Gasteiger partial charge >= 0.3 is 0 Å². The van der Waals surface area contributed by atoms with Crippen molar-refractivity contribution in [3.05, 3.63) is 48.6 Å². The molecule has 1 atom stereocenters. The van der Waals surface area contributed by atoms with Gasteiger partial charge in [0.05, 0.1) is 20.1 Å². The molecule has 0 bridgehead atoms. The number of unbranched alkanes of at least 4 members (excludes halogenated alkanes) is 16. The number of carbonyl (C=O) groups is 1. The van der Waals surface area contributed by atoms with Crippen molar-refractivity contribution in [2.75, 3.05) is 33.2 Å². The molecular weight excluding hydrogens is 550 g/mol. The lowest BCUT2D eigenvalue weighted by atomic mass is 10.1. The molecule has 1 unspecified atom stereocenters. The second-order valence-electron chi connectivity index (χ2n) is 13.5. The van der Waals surface area contributed by atoms with Crippen LogP contribution in [0.5, 0.6) is 0 Å². The van der Waals surface area contributed by atoms with E-state index in [2.05, 4.69) is 74.8 Å². The third kappa shape index (κ3) is 24.9. The molecule has 1 amide bonds. The van der Waals surface area contributed by atoms with Crippen LogP contribution in [0.2, 0.25) is 0 Å². The molecule has 0 aromatic carbocycles. The lowest BCUT2D eigenvalue weighted by Gasteiger charge is -2.30. The predicted molar refractivity (Wildman–Crippen MR) is 200 cm³/mol. The number of rotatable bonds is 31. The summed E-state index contributed by atoms with van der Waals surface area (Å²) < 4.78 is 0.918. The Balaban J connectivity index is 1.98. The molecule has 258 valence electrons. The summed E-state index contributed by atoms with van der Waals surface area (Å²) in [6, 6.07) is 0. The third-order valence-electron chi connectivity index (χ3n) is 9.14. The molecule has 4 heteroatoms. The zero-order chi connectivity index (χ0) is 32.5. The van der Waals surface area contributed by atoms with Gasteiger partial charge in [-0.1, -0.05) is 127 Å². The number of aliphatic imine (C=N–C) groups is 1. The van der Waals surface area contributed by atoms with E-state index in [0.29, 0.717) is 6.42 Å². The first-order valence-corrected chi connectivity index (χ1v) is 19.4. The summed E-state index contributed by atoms with van der Waals surface area (Å²) in [4.78, 5) is 17.3. The van der Waals surface area contributed by atoms with Crippen LogP contribution >= 0.6 is 0 Å². The number of nitrogens with zero attached hydrogens (tertiary/aromatic N) is 2. The van der Waals surface area contributed by atoms with Crippen molar-refractivity contribution in [2.24, 2.45) is 4.99 Å². The summed E-state index contributed by atoms with van der Waals surface area (Å²) in [6.07, 6.45) is 47.8. The van der Waals surface area contributed by atoms with Crippen LogP contribution in [-0.4, -0.2) is 49.5 Å². The fourth-order valence-electron chi connectivity index (χ4n) is 6.01. The molecule has 0 radical (unpaired) electrons. The first-order chi connectivity index (χ1) is 22.1. The molecule has 4 nitrogen and oxygen atoms in total. The van der Waals surface area contributed by atoms with Gasteiger partial charge in [-0.25, -0.2) is 4.99 Å². The number of likely N-dealkylation sites (N-methyl/N-ethyl adjacent to an activating group) is 1. The maximum Gasteiger partial charge on any atom is 0.220 e. The molecule has 0 saturated carbocycles. The summed E-state index contributed by atoms with van der Waals surface area (Å²) in [5.41, 5.74) is 0. The molecule has 1 N–H and O–H groups in total. The van der Waals surface area contributed by atoms with Crippen LogP contribution in [0.25, 0.3) is 0 Å². The zero-order valence-electron chi connectivity index (χ0n) is 30.2. The van der Waals surface area contributed by atoms with Crippen LogP contribution in [-0.2, 0) is 4.79 Å². The SMILES string of the molecule is CCCCC/C=C/C/C=C/CCCCCCCC(=O)NCC[N+]1(C)CCN=C1CCCCCCC/C=C/C/C=C/CCCCC.